The molecule has 29 heavy (non-hydrogen) atoms. The fraction of sp³-hybridized carbons (Fsp3) is 0.130. The lowest BCUT2D eigenvalue weighted by molar-refractivity contribution is 0.628. The number of benzene rings is 2. The smallest absolute Gasteiger partial charge is 0.166 e. The second-order valence-electron chi connectivity index (χ2n) is 6.57. The third-order valence-corrected chi connectivity index (χ3v) is 5.18. The summed E-state index contributed by atoms with van der Waals surface area (Å²) in [6.45, 7) is 0.796. The van der Waals surface area contributed by atoms with Crippen molar-refractivity contribution in [3.63, 3.8) is 0 Å². The second kappa shape index (κ2) is 8.92. The number of pyridine rings is 1. The van der Waals surface area contributed by atoms with Gasteiger partial charge in [0.05, 0.1) is 11.4 Å². The number of aromatic amines is 1. The minimum Gasteiger partial charge on any atom is -0.370 e. The lowest BCUT2D eigenvalue weighted by atomic mass is 10.1. The monoisotopic (exact) mass is 404 g/mol. The molecule has 2 aromatic carbocycles. The minimum absolute atomic E-state index is 0.260. The SMILES string of the molecule is CSc1nc(-c2ccc(F)cc2)c(-c2ccnc(NCCc3ccccc3)c2)[nH]1. The summed E-state index contributed by atoms with van der Waals surface area (Å²) in [7, 11) is 0. The van der Waals surface area contributed by atoms with Crippen molar-refractivity contribution in [2.45, 2.75) is 11.6 Å². The van der Waals surface area contributed by atoms with E-state index in [0.717, 1.165) is 46.5 Å². The highest BCUT2D eigenvalue weighted by atomic mass is 32.2. The average Bonchev–Trinajstić information content (AvgIpc) is 3.20. The number of anilines is 1. The highest BCUT2D eigenvalue weighted by Gasteiger charge is 2.14. The zero-order valence-corrected chi connectivity index (χ0v) is 16.8. The molecule has 2 heterocycles. The summed E-state index contributed by atoms with van der Waals surface area (Å²) < 4.78 is 13.3. The van der Waals surface area contributed by atoms with Crippen LogP contribution in [0.25, 0.3) is 22.5 Å². The number of nitrogens with zero attached hydrogens (tertiary/aromatic N) is 2. The van der Waals surface area contributed by atoms with Crippen LogP contribution >= 0.6 is 11.8 Å². The third-order valence-electron chi connectivity index (χ3n) is 4.60. The van der Waals surface area contributed by atoms with Crippen LogP contribution in [0.1, 0.15) is 5.56 Å². The van der Waals surface area contributed by atoms with Crippen LogP contribution in [0.2, 0.25) is 0 Å². The summed E-state index contributed by atoms with van der Waals surface area (Å²) in [5.74, 6) is 0.550. The van der Waals surface area contributed by atoms with Gasteiger partial charge in [0.25, 0.3) is 0 Å². The molecule has 0 radical (unpaired) electrons. The van der Waals surface area contributed by atoms with Crippen molar-refractivity contribution in [2.24, 2.45) is 0 Å². The molecule has 0 unspecified atom stereocenters. The summed E-state index contributed by atoms with van der Waals surface area (Å²) >= 11 is 1.54. The van der Waals surface area contributed by atoms with Gasteiger partial charge < -0.3 is 10.3 Å². The van der Waals surface area contributed by atoms with Crippen LogP contribution in [-0.2, 0) is 6.42 Å². The Bertz CT molecular complexity index is 1080. The van der Waals surface area contributed by atoms with Crippen molar-refractivity contribution in [3.05, 3.63) is 84.3 Å². The van der Waals surface area contributed by atoms with Gasteiger partial charge in [0, 0.05) is 23.9 Å². The first-order valence-electron chi connectivity index (χ1n) is 9.37. The molecule has 2 aromatic heterocycles. The quantitative estimate of drug-likeness (QED) is 0.391. The van der Waals surface area contributed by atoms with Gasteiger partial charge >= 0.3 is 0 Å². The lowest BCUT2D eigenvalue weighted by Gasteiger charge is -2.08. The van der Waals surface area contributed by atoms with E-state index in [1.807, 2.05) is 36.6 Å². The molecule has 0 spiro atoms. The Labute approximate surface area is 173 Å². The van der Waals surface area contributed by atoms with E-state index in [2.05, 4.69) is 32.4 Å². The number of imidazole rings is 1. The summed E-state index contributed by atoms with van der Waals surface area (Å²) in [6.07, 6.45) is 4.68. The fourth-order valence-corrected chi connectivity index (χ4v) is 3.52. The van der Waals surface area contributed by atoms with E-state index in [0.29, 0.717) is 0 Å². The predicted molar refractivity (Wildman–Crippen MR) is 118 cm³/mol. The van der Waals surface area contributed by atoms with Crippen molar-refractivity contribution in [2.75, 3.05) is 18.1 Å². The average molecular weight is 405 g/mol. The van der Waals surface area contributed by atoms with Crippen LogP contribution in [0.5, 0.6) is 0 Å². The number of hydrogen-bond acceptors (Lipinski definition) is 4. The highest BCUT2D eigenvalue weighted by Crippen LogP contribution is 2.33. The van der Waals surface area contributed by atoms with E-state index in [1.54, 1.807) is 18.3 Å². The molecule has 0 aliphatic rings. The molecule has 6 heteroatoms. The van der Waals surface area contributed by atoms with Crippen LogP contribution in [-0.4, -0.2) is 27.8 Å². The van der Waals surface area contributed by atoms with Crippen LogP contribution in [0.3, 0.4) is 0 Å². The van der Waals surface area contributed by atoms with Gasteiger partial charge in [-0.3, -0.25) is 0 Å². The van der Waals surface area contributed by atoms with Gasteiger partial charge in [-0.25, -0.2) is 14.4 Å². The molecule has 0 aliphatic carbocycles. The lowest BCUT2D eigenvalue weighted by Crippen LogP contribution is -2.06. The summed E-state index contributed by atoms with van der Waals surface area (Å²) in [4.78, 5) is 12.5. The van der Waals surface area contributed by atoms with E-state index in [-0.39, 0.29) is 5.82 Å². The van der Waals surface area contributed by atoms with Gasteiger partial charge in [0.1, 0.15) is 11.6 Å². The number of thioether (sulfide) groups is 1. The molecule has 0 saturated heterocycles. The Morgan fingerprint density at radius 3 is 2.55 bits per heavy atom. The zero-order valence-electron chi connectivity index (χ0n) is 16.0. The summed E-state index contributed by atoms with van der Waals surface area (Å²) in [5.41, 5.74) is 4.83. The number of aromatic nitrogens is 3. The molecule has 0 fully saturated rings. The minimum atomic E-state index is -0.260. The molecule has 4 aromatic rings. The zero-order chi connectivity index (χ0) is 20.1. The van der Waals surface area contributed by atoms with Crippen molar-refractivity contribution in [1.29, 1.82) is 0 Å². The van der Waals surface area contributed by atoms with E-state index < -0.39 is 0 Å². The Morgan fingerprint density at radius 1 is 1.00 bits per heavy atom. The maximum atomic E-state index is 13.3. The Balaban J connectivity index is 1.57. The molecule has 4 nitrogen and oxygen atoms in total. The maximum Gasteiger partial charge on any atom is 0.166 e. The maximum absolute atomic E-state index is 13.3. The fourth-order valence-electron chi connectivity index (χ4n) is 3.14. The number of H-pyrrole nitrogens is 1. The molecule has 2 N–H and O–H groups in total. The first-order valence-corrected chi connectivity index (χ1v) is 10.6. The largest absolute Gasteiger partial charge is 0.370 e. The van der Waals surface area contributed by atoms with Crippen LogP contribution in [0.15, 0.2) is 78.1 Å². The van der Waals surface area contributed by atoms with E-state index in [4.69, 9.17) is 0 Å². The molecule has 4 rings (SSSR count). The van der Waals surface area contributed by atoms with Crippen LogP contribution in [0, 0.1) is 5.82 Å². The molecule has 0 aliphatic heterocycles. The molecular formula is C23H21FN4S. The van der Waals surface area contributed by atoms with Gasteiger partial charge in [-0.1, -0.05) is 42.1 Å². The van der Waals surface area contributed by atoms with Crippen molar-refractivity contribution in [1.82, 2.24) is 15.0 Å². The first kappa shape index (κ1) is 19.2. The first-order chi connectivity index (χ1) is 14.2. The molecule has 0 atom stereocenters. The Hall–Kier alpha value is -3.12. The number of hydrogen-bond donors (Lipinski definition) is 2. The van der Waals surface area contributed by atoms with Crippen molar-refractivity contribution in [3.8, 4) is 22.5 Å². The van der Waals surface area contributed by atoms with Crippen LogP contribution < -0.4 is 5.32 Å². The third kappa shape index (κ3) is 4.66. The molecule has 0 bridgehead atoms. The van der Waals surface area contributed by atoms with Gasteiger partial charge in [-0.05, 0) is 54.6 Å². The Kier molecular flexibility index (Phi) is 5.91. The standard InChI is InChI=1S/C23H21FN4S/c1-29-23-27-21(17-7-9-19(24)10-8-17)22(28-23)18-12-14-26-20(15-18)25-13-11-16-5-3-2-4-6-16/h2-10,12,14-15H,11,13H2,1H3,(H,25,26)(H,27,28). The van der Waals surface area contributed by atoms with Gasteiger partial charge in [0.15, 0.2) is 5.16 Å². The van der Waals surface area contributed by atoms with Gasteiger partial charge in [-0.2, -0.15) is 0 Å². The Morgan fingerprint density at radius 2 is 1.79 bits per heavy atom. The van der Waals surface area contributed by atoms with E-state index >= 15 is 0 Å². The van der Waals surface area contributed by atoms with Crippen molar-refractivity contribution < 1.29 is 4.39 Å². The molecule has 0 amide bonds. The van der Waals surface area contributed by atoms with Crippen LogP contribution in [0.4, 0.5) is 10.2 Å². The molecule has 146 valence electrons. The highest BCUT2D eigenvalue weighted by molar-refractivity contribution is 7.98. The summed E-state index contributed by atoms with van der Waals surface area (Å²) in [5, 5.41) is 4.21. The summed E-state index contributed by atoms with van der Waals surface area (Å²) in [6, 6.07) is 20.7. The number of rotatable bonds is 7. The molecule has 0 saturated carbocycles. The van der Waals surface area contributed by atoms with Gasteiger partial charge in [0.2, 0.25) is 0 Å². The van der Waals surface area contributed by atoms with E-state index in [9.17, 15) is 4.39 Å². The molecular weight excluding hydrogens is 383 g/mol. The normalized spacial score (nSPS) is 10.8. The second-order valence-corrected chi connectivity index (χ2v) is 7.36. The number of nitrogens with one attached hydrogen (secondary N) is 2. The van der Waals surface area contributed by atoms with Gasteiger partial charge in [-0.15, -0.1) is 0 Å². The van der Waals surface area contributed by atoms with Crippen molar-refractivity contribution >= 4 is 17.6 Å². The predicted octanol–water partition coefficient (Wildman–Crippen LogP) is 5.65. The van der Waals surface area contributed by atoms with E-state index in [1.165, 1.54) is 29.5 Å². The number of halogens is 1. The topological polar surface area (TPSA) is 53.6 Å².